The van der Waals surface area contributed by atoms with E-state index in [2.05, 4.69) is 43.3 Å². The molecule has 90 valence electrons. The van der Waals surface area contributed by atoms with Crippen LogP contribution in [0.1, 0.15) is 37.6 Å². The Kier molecular flexibility index (Phi) is 4.96. The van der Waals surface area contributed by atoms with Crippen LogP contribution in [0.15, 0.2) is 17.5 Å². The molecule has 0 aliphatic carbocycles. The highest BCUT2D eigenvalue weighted by atomic mass is 32.1. The maximum atomic E-state index is 7.39. The zero-order valence-electron chi connectivity index (χ0n) is 10.2. The van der Waals surface area contributed by atoms with Gasteiger partial charge in [0.1, 0.15) is 0 Å². The van der Waals surface area contributed by atoms with Crippen LogP contribution in [0, 0.1) is 5.41 Å². The van der Waals surface area contributed by atoms with Gasteiger partial charge in [0.15, 0.2) is 0 Å². The summed E-state index contributed by atoms with van der Waals surface area (Å²) < 4.78 is 0. The van der Waals surface area contributed by atoms with E-state index in [1.165, 1.54) is 4.88 Å². The Labute approximate surface area is 102 Å². The molecular weight excluding hydrogens is 218 g/mol. The average Bonchev–Trinajstić information content (AvgIpc) is 2.76. The molecule has 2 unspecified atom stereocenters. The molecule has 0 amide bonds. The van der Waals surface area contributed by atoms with E-state index in [-0.39, 0.29) is 5.84 Å². The van der Waals surface area contributed by atoms with Gasteiger partial charge >= 0.3 is 0 Å². The molecule has 0 spiro atoms. The quantitative estimate of drug-likeness (QED) is 0.592. The van der Waals surface area contributed by atoms with Gasteiger partial charge in [0, 0.05) is 23.4 Å². The van der Waals surface area contributed by atoms with Crippen molar-refractivity contribution in [3.8, 4) is 0 Å². The molecule has 2 atom stereocenters. The van der Waals surface area contributed by atoms with Crippen molar-refractivity contribution < 1.29 is 0 Å². The Hall–Kier alpha value is -0.870. The number of nitrogens with zero attached hydrogens (tertiary/aromatic N) is 1. The number of hydrogen-bond donors (Lipinski definition) is 2. The lowest BCUT2D eigenvalue weighted by molar-refractivity contribution is 0.186. The summed E-state index contributed by atoms with van der Waals surface area (Å²) in [5.74, 6) is 0.275. The zero-order chi connectivity index (χ0) is 12.1. The standard InChI is InChI=1S/C12H21N3S/c1-4-10(8-12(13)14)15(3)9(2)11-6-5-7-16-11/h5-7,9-10H,4,8H2,1-3H3,(H3,13,14). The first-order valence-electron chi connectivity index (χ1n) is 5.64. The van der Waals surface area contributed by atoms with Crippen LogP contribution in [-0.4, -0.2) is 23.8 Å². The van der Waals surface area contributed by atoms with Crippen molar-refractivity contribution in [1.29, 1.82) is 5.41 Å². The predicted octanol–water partition coefficient (Wildman–Crippen LogP) is 2.85. The number of thiophene rings is 1. The lowest BCUT2D eigenvalue weighted by atomic mass is 10.1. The fourth-order valence-corrected chi connectivity index (χ4v) is 2.71. The topological polar surface area (TPSA) is 53.1 Å². The van der Waals surface area contributed by atoms with Crippen LogP contribution in [0.3, 0.4) is 0 Å². The van der Waals surface area contributed by atoms with Crippen LogP contribution >= 0.6 is 11.3 Å². The van der Waals surface area contributed by atoms with Crippen molar-refractivity contribution in [2.45, 2.75) is 38.8 Å². The molecule has 4 heteroatoms. The largest absolute Gasteiger partial charge is 0.388 e. The summed E-state index contributed by atoms with van der Waals surface area (Å²) in [5, 5.41) is 9.49. The van der Waals surface area contributed by atoms with Crippen molar-refractivity contribution >= 4 is 17.2 Å². The molecule has 1 rings (SSSR count). The maximum absolute atomic E-state index is 7.39. The summed E-state index contributed by atoms with van der Waals surface area (Å²) in [6.45, 7) is 4.35. The molecule has 0 fully saturated rings. The monoisotopic (exact) mass is 239 g/mol. The maximum Gasteiger partial charge on any atom is 0.0921 e. The van der Waals surface area contributed by atoms with Gasteiger partial charge in [0.25, 0.3) is 0 Å². The summed E-state index contributed by atoms with van der Waals surface area (Å²) in [5.41, 5.74) is 5.48. The molecule has 0 radical (unpaired) electrons. The molecule has 1 aromatic heterocycles. The fraction of sp³-hybridized carbons (Fsp3) is 0.583. The van der Waals surface area contributed by atoms with Crippen molar-refractivity contribution in [2.24, 2.45) is 5.73 Å². The second kappa shape index (κ2) is 6.01. The van der Waals surface area contributed by atoms with E-state index in [4.69, 9.17) is 11.1 Å². The van der Waals surface area contributed by atoms with Crippen molar-refractivity contribution in [2.75, 3.05) is 7.05 Å². The molecule has 3 nitrogen and oxygen atoms in total. The fourth-order valence-electron chi connectivity index (χ4n) is 1.88. The van der Waals surface area contributed by atoms with Crippen LogP contribution in [0.2, 0.25) is 0 Å². The zero-order valence-corrected chi connectivity index (χ0v) is 11.1. The van der Waals surface area contributed by atoms with E-state index in [1.54, 1.807) is 11.3 Å². The third kappa shape index (κ3) is 3.32. The molecule has 1 aromatic rings. The summed E-state index contributed by atoms with van der Waals surface area (Å²) in [6, 6.07) is 4.99. The molecule has 16 heavy (non-hydrogen) atoms. The van der Waals surface area contributed by atoms with Gasteiger partial charge in [-0.2, -0.15) is 0 Å². The second-order valence-corrected chi connectivity index (χ2v) is 5.13. The second-order valence-electron chi connectivity index (χ2n) is 4.15. The number of amidine groups is 1. The number of rotatable bonds is 6. The first kappa shape index (κ1) is 13.2. The Morgan fingerprint density at radius 3 is 2.75 bits per heavy atom. The normalized spacial score (nSPS) is 15.0. The summed E-state index contributed by atoms with van der Waals surface area (Å²) >= 11 is 1.78. The molecule has 3 N–H and O–H groups in total. The number of hydrogen-bond acceptors (Lipinski definition) is 3. The first-order chi connectivity index (χ1) is 7.56. The van der Waals surface area contributed by atoms with Crippen molar-refractivity contribution in [3.63, 3.8) is 0 Å². The molecule has 0 bridgehead atoms. The van der Waals surface area contributed by atoms with Gasteiger partial charge in [-0.25, -0.2) is 0 Å². The van der Waals surface area contributed by atoms with Crippen LogP contribution in [0.5, 0.6) is 0 Å². The third-order valence-electron chi connectivity index (χ3n) is 3.07. The lowest BCUT2D eigenvalue weighted by Crippen LogP contribution is -2.36. The van der Waals surface area contributed by atoms with Crippen LogP contribution < -0.4 is 5.73 Å². The van der Waals surface area contributed by atoms with Gasteiger partial charge in [-0.05, 0) is 31.8 Å². The summed E-state index contributed by atoms with van der Waals surface area (Å²) in [7, 11) is 2.11. The van der Waals surface area contributed by atoms with Crippen LogP contribution in [0.4, 0.5) is 0 Å². The molecule has 0 aliphatic rings. The van der Waals surface area contributed by atoms with E-state index in [0.29, 0.717) is 18.5 Å². The molecular formula is C12H21N3S. The summed E-state index contributed by atoms with van der Waals surface area (Å²) in [4.78, 5) is 3.68. The Morgan fingerprint density at radius 1 is 1.62 bits per heavy atom. The summed E-state index contributed by atoms with van der Waals surface area (Å²) in [6.07, 6.45) is 1.68. The van der Waals surface area contributed by atoms with E-state index in [9.17, 15) is 0 Å². The Morgan fingerprint density at radius 2 is 2.31 bits per heavy atom. The molecule has 0 aliphatic heterocycles. The highest BCUT2D eigenvalue weighted by Gasteiger charge is 2.20. The minimum absolute atomic E-state index is 0.275. The van der Waals surface area contributed by atoms with Gasteiger partial charge in [0.2, 0.25) is 0 Å². The van der Waals surface area contributed by atoms with Crippen LogP contribution in [-0.2, 0) is 0 Å². The lowest BCUT2D eigenvalue weighted by Gasteiger charge is -2.31. The predicted molar refractivity (Wildman–Crippen MR) is 71.1 cm³/mol. The highest BCUT2D eigenvalue weighted by molar-refractivity contribution is 7.10. The van der Waals surface area contributed by atoms with E-state index < -0.39 is 0 Å². The smallest absolute Gasteiger partial charge is 0.0921 e. The molecule has 0 saturated heterocycles. The highest BCUT2D eigenvalue weighted by Crippen LogP contribution is 2.26. The van der Waals surface area contributed by atoms with Gasteiger partial charge in [0.05, 0.1) is 5.84 Å². The SMILES string of the molecule is CCC(CC(=N)N)N(C)C(C)c1cccs1. The van der Waals surface area contributed by atoms with Gasteiger partial charge in [-0.3, -0.25) is 10.3 Å². The average molecular weight is 239 g/mol. The van der Waals surface area contributed by atoms with E-state index in [1.807, 2.05) is 0 Å². The first-order valence-corrected chi connectivity index (χ1v) is 6.52. The molecule has 0 aromatic carbocycles. The van der Waals surface area contributed by atoms with Gasteiger partial charge in [-0.15, -0.1) is 11.3 Å². The van der Waals surface area contributed by atoms with Crippen molar-refractivity contribution in [3.05, 3.63) is 22.4 Å². The minimum Gasteiger partial charge on any atom is -0.388 e. The van der Waals surface area contributed by atoms with E-state index >= 15 is 0 Å². The van der Waals surface area contributed by atoms with E-state index in [0.717, 1.165) is 6.42 Å². The van der Waals surface area contributed by atoms with Gasteiger partial charge < -0.3 is 5.73 Å². The third-order valence-corrected chi connectivity index (χ3v) is 4.11. The van der Waals surface area contributed by atoms with Gasteiger partial charge in [-0.1, -0.05) is 13.0 Å². The number of nitrogens with two attached hydrogens (primary N) is 1. The molecule has 0 saturated carbocycles. The van der Waals surface area contributed by atoms with Crippen molar-refractivity contribution in [1.82, 2.24) is 4.90 Å². The molecule has 1 heterocycles. The number of nitrogens with one attached hydrogen (secondary N) is 1. The van der Waals surface area contributed by atoms with Crippen LogP contribution in [0.25, 0.3) is 0 Å². The minimum atomic E-state index is 0.275. The Balaban J connectivity index is 2.67. The Bertz CT molecular complexity index is 321.